The molecule has 3 nitrogen and oxygen atoms in total. The first-order valence-corrected chi connectivity index (χ1v) is 8.15. The molecule has 0 heterocycles. The Morgan fingerprint density at radius 1 is 1.40 bits per heavy atom. The molecule has 112 valence electrons. The van der Waals surface area contributed by atoms with Gasteiger partial charge in [0.05, 0.1) is 7.11 Å². The van der Waals surface area contributed by atoms with E-state index in [1.165, 1.54) is 18.4 Å². The Morgan fingerprint density at radius 2 is 2.10 bits per heavy atom. The van der Waals surface area contributed by atoms with Gasteiger partial charge < -0.3 is 10.5 Å². The molecule has 1 unspecified atom stereocenters. The SMILES string of the molecule is COc1ccc(Br)c(C(CN)N(CC2CC2)C(C)C)c1. The maximum atomic E-state index is 6.10. The van der Waals surface area contributed by atoms with E-state index in [-0.39, 0.29) is 6.04 Å². The normalized spacial score (nSPS) is 16.8. The molecule has 1 aliphatic rings. The fraction of sp³-hybridized carbons (Fsp3) is 0.625. The summed E-state index contributed by atoms with van der Waals surface area (Å²) in [7, 11) is 1.70. The highest BCUT2D eigenvalue weighted by Crippen LogP contribution is 2.36. The maximum Gasteiger partial charge on any atom is 0.119 e. The van der Waals surface area contributed by atoms with Crippen molar-refractivity contribution in [3.05, 3.63) is 28.2 Å². The van der Waals surface area contributed by atoms with Crippen LogP contribution in [0.1, 0.15) is 38.3 Å². The standard InChI is InChI=1S/C16H25BrN2O/c1-11(2)19(10-12-4-5-12)16(9-18)14-8-13(20-3)6-7-15(14)17/h6-8,11-12,16H,4-5,9-10,18H2,1-3H3. The zero-order valence-electron chi connectivity index (χ0n) is 12.6. The van der Waals surface area contributed by atoms with Crippen molar-refractivity contribution in [2.75, 3.05) is 20.2 Å². The number of halogens is 1. The van der Waals surface area contributed by atoms with E-state index in [0.29, 0.717) is 12.6 Å². The minimum atomic E-state index is 0.236. The Hall–Kier alpha value is -0.580. The Kier molecular flexibility index (Phi) is 5.47. The van der Waals surface area contributed by atoms with Gasteiger partial charge in [-0.3, -0.25) is 4.90 Å². The molecule has 4 heteroatoms. The minimum absolute atomic E-state index is 0.236. The van der Waals surface area contributed by atoms with E-state index in [1.807, 2.05) is 12.1 Å². The first kappa shape index (κ1) is 15.8. The van der Waals surface area contributed by atoms with Gasteiger partial charge in [-0.2, -0.15) is 0 Å². The molecule has 20 heavy (non-hydrogen) atoms. The number of benzene rings is 1. The smallest absolute Gasteiger partial charge is 0.119 e. The summed E-state index contributed by atoms with van der Waals surface area (Å²) in [5.41, 5.74) is 7.32. The second kappa shape index (κ2) is 6.92. The number of rotatable bonds is 7. The summed E-state index contributed by atoms with van der Waals surface area (Å²) in [5.74, 6) is 1.74. The van der Waals surface area contributed by atoms with E-state index in [9.17, 15) is 0 Å². The van der Waals surface area contributed by atoms with Crippen LogP contribution in [0.4, 0.5) is 0 Å². The van der Waals surface area contributed by atoms with Gasteiger partial charge in [0.25, 0.3) is 0 Å². The molecule has 0 bridgehead atoms. The first-order valence-electron chi connectivity index (χ1n) is 7.36. The fourth-order valence-corrected chi connectivity index (χ4v) is 3.15. The minimum Gasteiger partial charge on any atom is -0.497 e. The second-order valence-corrected chi connectivity index (χ2v) is 6.73. The molecule has 1 fully saturated rings. The lowest BCUT2D eigenvalue weighted by atomic mass is 10.0. The van der Waals surface area contributed by atoms with Crippen LogP contribution in [0.25, 0.3) is 0 Å². The maximum absolute atomic E-state index is 6.10. The van der Waals surface area contributed by atoms with Gasteiger partial charge in [0.1, 0.15) is 5.75 Å². The Morgan fingerprint density at radius 3 is 2.60 bits per heavy atom. The zero-order chi connectivity index (χ0) is 14.7. The molecule has 1 saturated carbocycles. The predicted octanol–water partition coefficient (Wildman–Crippen LogP) is 3.58. The van der Waals surface area contributed by atoms with Gasteiger partial charge in [-0.15, -0.1) is 0 Å². The lowest BCUT2D eigenvalue weighted by Crippen LogP contribution is -2.40. The van der Waals surface area contributed by atoms with Crippen LogP contribution in [-0.4, -0.2) is 31.1 Å². The molecule has 2 N–H and O–H groups in total. The summed E-state index contributed by atoms with van der Waals surface area (Å²) < 4.78 is 6.46. The molecular formula is C16H25BrN2O. The van der Waals surface area contributed by atoms with Crippen molar-refractivity contribution >= 4 is 15.9 Å². The Bertz CT molecular complexity index is 446. The van der Waals surface area contributed by atoms with E-state index in [4.69, 9.17) is 10.5 Å². The van der Waals surface area contributed by atoms with Crippen LogP contribution in [0, 0.1) is 5.92 Å². The number of nitrogens with two attached hydrogens (primary N) is 1. The summed E-state index contributed by atoms with van der Waals surface area (Å²) in [6, 6.07) is 6.85. The lowest BCUT2D eigenvalue weighted by molar-refractivity contribution is 0.149. The summed E-state index contributed by atoms with van der Waals surface area (Å²) >= 11 is 3.66. The van der Waals surface area contributed by atoms with Crippen molar-refractivity contribution in [3.8, 4) is 5.75 Å². The number of methoxy groups -OCH3 is 1. The Balaban J connectivity index is 2.28. The highest BCUT2D eigenvalue weighted by Gasteiger charge is 2.30. The molecule has 1 aromatic rings. The molecular weight excluding hydrogens is 316 g/mol. The highest BCUT2D eigenvalue weighted by atomic mass is 79.9. The summed E-state index contributed by atoms with van der Waals surface area (Å²) in [6.07, 6.45) is 2.72. The molecule has 2 rings (SSSR count). The van der Waals surface area contributed by atoms with Crippen LogP contribution in [0.2, 0.25) is 0 Å². The molecule has 0 aliphatic heterocycles. The van der Waals surface area contributed by atoms with Gasteiger partial charge in [0.15, 0.2) is 0 Å². The average Bonchev–Trinajstić information content (AvgIpc) is 3.24. The van der Waals surface area contributed by atoms with Gasteiger partial charge in [-0.05, 0) is 56.4 Å². The number of ether oxygens (including phenoxy) is 1. The van der Waals surface area contributed by atoms with Gasteiger partial charge in [0, 0.05) is 29.6 Å². The average molecular weight is 341 g/mol. The topological polar surface area (TPSA) is 38.5 Å². The van der Waals surface area contributed by atoms with Crippen molar-refractivity contribution in [1.29, 1.82) is 0 Å². The van der Waals surface area contributed by atoms with E-state index in [2.05, 4.69) is 40.7 Å². The van der Waals surface area contributed by atoms with Crippen molar-refractivity contribution in [1.82, 2.24) is 4.90 Å². The van der Waals surface area contributed by atoms with Crippen molar-refractivity contribution < 1.29 is 4.74 Å². The first-order chi connectivity index (χ1) is 9.56. The van der Waals surface area contributed by atoms with Crippen LogP contribution in [-0.2, 0) is 0 Å². The largest absolute Gasteiger partial charge is 0.497 e. The number of hydrogen-bond acceptors (Lipinski definition) is 3. The summed E-state index contributed by atoms with van der Waals surface area (Å²) in [4.78, 5) is 2.52. The van der Waals surface area contributed by atoms with Crippen LogP contribution < -0.4 is 10.5 Å². The van der Waals surface area contributed by atoms with E-state index in [0.717, 1.165) is 22.7 Å². The third-order valence-electron chi connectivity index (χ3n) is 4.01. The molecule has 0 spiro atoms. The third kappa shape index (κ3) is 3.74. The quantitative estimate of drug-likeness (QED) is 0.824. The molecule has 0 aromatic heterocycles. The van der Waals surface area contributed by atoms with Crippen LogP contribution in [0.15, 0.2) is 22.7 Å². The monoisotopic (exact) mass is 340 g/mol. The van der Waals surface area contributed by atoms with Crippen molar-refractivity contribution in [2.45, 2.75) is 38.8 Å². The highest BCUT2D eigenvalue weighted by molar-refractivity contribution is 9.10. The van der Waals surface area contributed by atoms with Crippen molar-refractivity contribution in [2.24, 2.45) is 11.7 Å². The van der Waals surface area contributed by atoms with Gasteiger partial charge in [0.2, 0.25) is 0 Å². The molecule has 0 saturated heterocycles. The van der Waals surface area contributed by atoms with Crippen molar-refractivity contribution in [3.63, 3.8) is 0 Å². The summed E-state index contributed by atoms with van der Waals surface area (Å²) in [6.45, 7) is 6.26. The van der Waals surface area contributed by atoms with Crippen LogP contribution >= 0.6 is 15.9 Å². The van der Waals surface area contributed by atoms with Gasteiger partial charge in [-0.1, -0.05) is 15.9 Å². The van der Waals surface area contributed by atoms with Crippen LogP contribution in [0.3, 0.4) is 0 Å². The number of nitrogens with zero attached hydrogens (tertiary/aromatic N) is 1. The third-order valence-corrected chi connectivity index (χ3v) is 4.74. The molecule has 0 radical (unpaired) electrons. The Labute approximate surface area is 130 Å². The number of hydrogen-bond donors (Lipinski definition) is 1. The second-order valence-electron chi connectivity index (χ2n) is 5.87. The van der Waals surface area contributed by atoms with Gasteiger partial charge >= 0.3 is 0 Å². The van der Waals surface area contributed by atoms with E-state index in [1.54, 1.807) is 7.11 Å². The van der Waals surface area contributed by atoms with Crippen LogP contribution in [0.5, 0.6) is 5.75 Å². The molecule has 1 aromatic carbocycles. The predicted molar refractivity (Wildman–Crippen MR) is 87.1 cm³/mol. The lowest BCUT2D eigenvalue weighted by Gasteiger charge is -2.35. The summed E-state index contributed by atoms with van der Waals surface area (Å²) in [5, 5.41) is 0. The molecule has 1 aliphatic carbocycles. The molecule has 1 atom stereocenters. The molecule has 0 amide bonds. The zero-order valence-corrected chi connectivity index (χ0v) is 14.2. The van der Waals surface area contributed by atoms with Gasteiger partial charge in [-0.25, -0.2) is 0 Å². The van der Waals surface area contributed by atoms with E-state index < -0.39 is 0 Å². The fourth-order valence-electron chi connectivity index (χ4n) is 2.64. The van der Waals surface area contributed by atoms with E-state index >= 15 is 0 Å².